The summed E-state index contributed by atoms with van der Waals surface area (Å²) in [5.41, 5.74) is 3.29. The molecule has 0 saturated carbocycles. The first kappa shape index (κ1) is 20.0. The van der Waals surface area contributed by atoms with Gasteiger partial charge in [-0.05, 0) is 61.2 Å². The first-order valence-electron chi connectivity index (χ1n) is 8.76. The standard InChI is InChI=1S/C21H25ClN2O2/c1-5-14(3)19(24-20(25)16-8-10-17(22)11-9-16)21(26)23-18-12-13(2)6-7-15(18)4/h6-12,14,19H,5H2,1-4H3,(H,23,26)(H,24,25). The van der Waals surface area contributed by atoms with E-state index in [4.69, 9.17) is 11.6 Å². The van der Waals surface area contributed by atoms with Crippen LogP contribution in [0, 0.1) is 19.8 Å². The van der Waals surface area contributed by atoms with E-state index in [1.807, 2.05) is 45.9 Å². The van der Waals surface area contributed by atoms with E-state index in [9.17, 15) is 9.59 Å². The van der Waals surface area contributed by atoms with E-state index in [-0.39, 0.29) is 17.7 Å². The molecule has 2 aromatic rings. The number of carbonyl (C=O) groups is 2. The minimum atomic E-state index is -0.622. The third kappa shape index (κ3) is 5.09. The van der Waals surface area contributed by atoms with Crippen LogP contribution in [0.15, 0.2) is 42.5 Å². The van der Waals surface area contributed by atoms with E-state index in [1.165, 1.54) is 0 Å². The monoisotopic (exact) mass is 372 g/mol. The number of halogens is 1. The Morgan fingerprint density at radius 2 is 1.73 bits per heavy atom. The predicted octanol–water partition coefficient (Wildman–Crippen LogP) is 4.74. The highest BCUT2D eigenvalue weighted by Gasteiger charge is 2.26. The summed E-state index contributed by atoms with van der Waals surface area (Å²) in [5, 5.41) is 6.38. The van der Waals surface area contributed by atoms with Crippen LogP contribution in [-0.2, 0) is 4.79 Å². The van der Waals surface area contributed by atoms with Crippen molar-refractivity contribution >= 4 is 29.1 Å². The largest absolute Gasteiger partial charge is 0.340 e. The molecule has 2 aromatic carbocycles. The van der Waals surface area contributed by atoms with Crippen LogP contribution in [0.25, 0.3) is 0 Å². The number of hydrogen-bond acceptors (Lipinski definition) is 2. The number of hydrogen-bond donors (Lipinski definition) is 2. The Bertz CT molecular complexity index is 787. The highest BCUT2D eigenvalue weighted by atomic mass is 35.5. The van der Waals surface area contributed by atoms with Gasteiger partial charge in [-0.15, -0.1) is 0 Å². The molecule has 0 aromatic heterocycles. The maximum atomic E-state index is 12.9. The van der Waals surface area contributed by atoms with E-state index in [0.717, 1.165) is 23.2 Å². The van der Waals surface area contributed by atoms with Crippen molar-refractivity contribution in [1.29, 1.82) is 0 Å². The second-order valence-corrected chi connectivity index (χ2v) is 7.09. The Kier molecular flexibility index (Phi) is 6.81. The number of aryl methyl sites for hydroxylation is 2. The highest BCUT2D eigenvalue weighted by molar-refractivity contribution is 6.30. The Labute approximate surface area is 159 Å². The fourth-order valence-electron chi connectivity index (χ4n) is 2.61. The molecule has 0 bridgehead atoms. The summed E-state index contributed by atoms with van der Waals surface area (Å²) in [6, 6.07) is 11.9. The number of nitrogens with one attached hydrogen (secondary N) is 2. The Hall–Kier alpha value is -2.33. The molecule has 5 heteroatoms. The molecular formula is C21H25ClN2O2. The quantitative estimate of drug-likeness (QED) is 0.769. The van der Waals surface area contributed by atoms with Crippen LogP contribution >= 0.6 is 11.6 Å². The minimum Gasteiger partial charge on any atom is -0.340 e. The summed E-state index contributed by atoms with van der Waals surface area (Å²) in [6.45, 7) is 7.87. The molecule has 2 atom stereocenters. The zero-order chi connectivity index (χ0) is 19.3. The molecule has 0 fully saturated rings. The van der Waals surface area contributed by atoms with Crippen molar-refractivity contribution in [3.8, 4) is 0 Å². The molecule has 0 aliphatic heterocycles. The van der Waals surface area contributed by atoms with Gasteiger partial charge in [0.2, 0.25) is 5.91 Å². The minimum absolute atomic E-state index is 0.00337. The van der Waals surface area contributed by atoms with Crippen molar-refractivity contribution in [2.75, 3.05) is 5.32 Å². The zero-order valence-electron chi connectivity index (χ0n) is 15.6. The van der Waals surface area contributed by atoms with Gasteiger partial charge in [0.15, 0.2) is 0 Å². The van der Waals surface area contributed by atoms with Crippen LogP contribution < -0.4 is 10.6 Å². The van der Waals surface area contributed by atoms with E-state index >= 15 is 0 Å². The first-order valence-corrected chi connectivity index (χ1v) is 9.14. The molecule has 2 N–H and O–H groups in total. The normalized spacial score (nSPS) is 13.0. The maximum absolute atomic E-state index is 12.9. The lowest BCUT2D eigenvalue weighted by atomic mass is 9.97. The summed E-state index contributed by atoms with van der Waals surface area (Å²) >= 11 is 5.87. The number of benzene rings is 2. The third-order valence-corrected chi connectivity index (χ3v) is 4.79. The van der Waals surface area contributed by atoms with Crippen LogP contribution in [0.4, 0.5) is 5.69 Å². The molecule has 26 heavy (non-hydrogen) atoms. The second-order valence-electron chi connectivity index (χ2n) is 6.65. The molecule has 0 aliphatic rings. The third-order valence-electron chi connectivity index (χ3n) is 4.54. The average molecular weight is 373 g/mol. The first-order chi connectivity index (χ1) is 12.3. The van der Waals surface area contributed by atoms with Crippen molar-refractivity contribution in [2.45, 2.75) is 40.2 Å². The van der Waals surface area contributed by atoms with E-state index in [2.05, 4.69) is 10.6 Å². The summed E-state index contributed by atoms with van der Waals surface area (Å²) in [4.78, 5) is 25.4. The van der Waals surface area contributed by atoms with E-state index in [0.29, 0.717) is 10.6 Å². The van der Waals surface area contributed by atoms with E-state index in [1.54, 1.807) is 24.3 Å². The molecule has 2 unspecified atom stereocenters. The van der Waals surface area contributed by atoms with Gasteiger partial charge < -0.3 is 10.6 Å². The topological polar surface area (TPSA) is 58.2 Å². The second kappa shape index (κ2) is 8.86. The van der Waals surface area contributed by atoms with E-state index < -0.39 is 6.04 Å². The molecule has 2 rings (SSSR count). The molecule has 0 saturated heterocycles. The zero-order valence-corrected chi connectivity index (χ0v) is 16.4. The van der Waals surface area contributed by atoms with Gasteiger partial charge in [-0.25, -0.2) is 0 Å². The lowest BCUT2D eigenvalue weighted by molar-refractivity contribution is -0.119. The fraction of sp³-hybridized carbons (Fsp3) is 0.333. The van der Waals surface area contributed by atoms with Gasteiger partial charge >= 0.3 is 0 Å². The fourth-order valence-corrected chi connectivity index (χ4v) is 2.73. The van der Waals surface area contributed by atoms with Gasteiger partial charge in [-0.1, -0.05) is 44.0 Å². The number of anilines is 1. The summed E-state index contributed by atoms with van der Waals surface area (Å²) < 4.78 is 0. The van der Waals surface area contributed by atoms with Gasteiger partial charge in [-0.2, -0.15) is 0 Å². The number of amides is 2. The summed E-state index contributed by atoms with van der Waals surface area (Å²) in [6.07, 6.45) is 0.770. The molecule has 0 aliphatic carbocycles. The smallest absolute Gasteiger partial charge is 0.251 e. The Balaban J connectivity index is 2.18. The maximum Gasteiger partial charge on any atom is 0.251 e. The van der Waals surface area contributed by atoms with Crippen LogP contribution in [0.1, 0.15) is 41.8 Å². The molecule has 0 heterocycles. The van der Waals surface area contributed by atoms with Crippen molar-refractivity contribution in [3.05, 3.63) is 64.2 Å². The molecule has 0 radical (unpaired) electrons. The van der Waals surface area contributed by atoms with Crippen LogP contribution in [0.2, 0.25) is 5.02 Å². The van der Waals surface area contributed by atoms with Gasteiger partial charge in [0.1, 0.15) is 6.04 Å². The van der Waals surface area contributed by atoms with Crippen LogP contribution in [0.3, 0.4) is 0 Å². The van der Waals surface area contributed by atoms with Crippen LogP contribution in [-0.4, -0.2) is 17.9 Å². The van der Waals surface area contributed by atoms with Gasteiger partial charge in [0.05, 0.1) is 0 Å². The number of carbonyl (C=O) groups excluding carboxylic acids is 2. The van der Waals surface area contributed by atoms with Gasteiger partial charge in [-0.3, -0.25) is 9.59 Å². The SMILES string of the molecule is CCC(C)C(NC(=O)c1ccc(Cl)cc1)C(=O)Nc1cc(C)ccc1C. The highest BCUT2D eigenvalue weighted by Crippen LogP contribution is 2.19. The molecule has 2 amide bonds. The van der Waals surface area contributed by atoms with Crippen molar-refractivity contribution in [3.63, 3.8) is 0 Å². The number of rotatable bonds is 6. The summed E-state index contributed by atoms with van der Waals surface area (Å²) in [5.74, 6) is -0.505. The molecule has 138 valence electrons. The molecule has 0 spiro atoms. The Morgan fingerprint density at radius 3 is 2.35 bits per heavy atom. The lowest BCUT2D eigenvalue weighted by Gasteiger charge is -2.24. The van der Waals surface area contributed by atoms with Crippen molar-refractivity contribution < 1.29 is 9.59 Å². The van der Waals surface area contributed by atoms with Gasteiger partial charge in [0, 0.05) is 16.3 Å². The van der Waals surface area contributed by atoms with Crippen LogP contribution in [0.5, 0.6) is 0 Å². The molecule has 4 nitrogen and oxygen atoms in total. The summed E-state index contributed by atoms with van der Waals surface area (Å²) in [7, 11) is 0. The Morgan fingerprint density at radius 1 is 1.08 bits per heavy atom. The van der Waals surface area contributed by atoms with Crippen molar-refractivity contribution in [1.82, 2.24) is 5.32 Å². The predicted molar refractivity (Wildman–Crippen MR) is 107 cm³/mol. The van der Waals surface area contributed by atoms with Gasteiger partial charge in [0.25, 0.3) is 5.91 Å². The molecular weight excluding hydrogens is 348 g/mol. The average Bonchev–Trinajstić information content (AvgIpc) is 2.62. The lowest BCUT2D eigenvalue weighted by Crippen LogP contribution is -2.47. The van der Waals surface area contributed by atoms with Crippen molar-refractivity contribution in [2.24, 2.45) is 5.92 Å².